The van der Waals surface area contributed by atoms with Crippen LogP contribution in [0.1, 0.15) is 72.6 Å². The first-order valence-electron chi connectivity index (χ1n) is 7.88. The minimum Gasteiger partial charge on any atom is -0.353 e. The van der Waals surface area contributed by atoms with E-state index in [0.717, 1.165) is 25.2 Å². The SMILES string of the molecule is CCCCC(C)NC(=O)C1CC(C)CCC1CC. The van der Waals surface area contributed by atoms with Crippen molar-refractivity contribution < 1.29 is 4.79 Å². The van der Waals surface area contributed by atoms with Crippen LogP contribution in [0.5, 0.6) is 0 Å². The Morgan fingerprint density at radius 2 is 2.06 bits per heavy atom. The van der Waals surface area contributed by atoms with Gasteiger partial charge in [-0.05, 0) is 38.0 Å². The van der Waals surface area contributed by atoms with Crippen molar-refractivity contribution in [2.75, 3.05) is 0 Å². The second kappa shape index (κ2) is 7.81. The minimum absolute atomic E-state index is 0.267. The monoisotopic (exact) mass is 253 g/mol. The van der Waals surface area contributed by atoms with Gasteiger partial charge in [0.15, 0.2) is 0 Å². The van der Waals surface area contributed by atoms with Gasteiger partial charge in [-0.1, -0.05) is 46.5 Å². The number of carbonyl (C=O) groups excluding carboxylic acids is 1. The van der Waals surface area contributed by atoms with Gasteiger partial charge in [0.25, 0.3) is 0 Å². The quantitative estimate of drug-likeness (QED) is 0.757. The van der Waals surface area contributed by atoms with Crippen molar-refractivity contribution in [3.63, 3.8) is 0 Å². The number of carbonyl (C=O) groups is 1. The van der Waals surface area contributed by atoms with Gasteiger partial charge in [0, 0.05) is 12.0 Å². The highest BCUT2D eigenvalue weighted by atomic mass is 16.1. The minimum atomic E-state index is 0.267. The Hall–Kier alpha value is -0.530. The Morgan fingerprint density at radius 3 is 2.67 bits per heavy atom. The summed E-state index contributed by atoms with van der Waals surface area (Å²) in [5.41, 5.74) is 0. The second-order valence-corrected chi connectivity index (χ2v) is 6.24. The maximum absolute atomic E-state index is 12.4. The van der Waals surface area contributed by atoms with E-state index in [1.165, 1.54) is 25.7 Å². The van der Waals surface area contributed by atoms with E-state index in [4.69, 9.17) is 0 Å². The molecule has 0 bridgehead atoms. The summed E-state index contributed by atoms with van der Waals surface area (Å²) in [6.07, 6.45) is 8.30. The molecule has 1 aliphatic carbocycles. The largest absolute Gasteiger partial charge is 0.353 e. The zero-order valence-electron chi connectivity index (χ0n) is 12.7. The molecule has 1 rings (SSSR count). The van der Waals surface area contributed by atoms with Gasteiger partial charge < -0.3 is 5.32 Å². The van der Waals surface area contributed by atoms with Gasteiger partial charge in [0.2, 0.25) is 5.91 Å². The molecule has 2 nitrogen and oxygen atoms in total. The molecule has 1 amide bonds. The molecule has 0 saturated heterocycles. The van der Waals surface area contributed by atoms with E-state index < -0.39 is 0 Å². The summed E-state index contributed by atoms with van der Waals surface area (Å²) in [6.45, 7) is 8.85. The summed E-state index contributed by atoms with van der Waals surface area (Å²) in [4.78, 5) is 12.4. The van der Waals surface area contributed by atoms with E-state index in [1.54, 1.807) is 0 Å². The van der Waals surface area contributed by atoms with Crippen LogP contribution in [-0.2, 0) is 4.79 Å². The summed E-state index contributed by atoms with van der Waals surface area (Å²) in [6, 6.07) is 0.340. The third kappa shape index (κ3) is 4.62. The lowest BCUT2D eigenvalue weighted by atomic mass is 9.73. The number of nitrogens with one attached hydrogen (secondary N) is 1. The number of hydrogen-bond donors (Lipinski definition) is 1. The van der Waals surface area contributed by atoms with Crippen molar-refractivity contribution in [1.82, 2.24) is 5.32 Å². The molecule has 4 unspecified atom stereocenters. The van der Waals surface area contributed by atoms with E-state index in [0.29, 0.717) is 17.9 Å². The molecule has 1 fully saturated rings. The van der Waals surface area contributed by atoms with Gasteiger partial charge in [-0.25, -0.2) is 0 Å². The number of unbranched alkanes of at least 4 members (excludes halogenated alkanes) is 1. The van der Waals surface area contributed by atoms with Crippen molar-refractivity contribution in [2.24, 2.45) is 17.8 Å². The molecule has 106 valence electrons. The molecule has 4 atom stereocenters. The lowest BCUT2D eigenvalue weighted by Crippen LogP contribution is -2.42. The van der Waals surface area contributed by atoms with Gasteiger partial charge in [0.05, 0.1) is 0 Å². The fourth-order valence-corrected chi connectivity index (χ4v) is 3.19. The lowest BCUT2D eigenvalue weighted by molar-refractivity contribution is -0.129. The zero-order chi connectivity index (χ0) is 13.5. The molecular formula is C16H31NO. The van der Waals surface area contributed by atoms with Crippen LogP contribution in [0.4, 0.5) is 0 Å². The van der Waals surface area contributed by atoms with Crippen LogP contribution in [0, 0.1) is 17.8 Å². The molecule has 0 spiro atoms. The number of hydrogen-bond acceptors (Lipinski definition) is 1. The Bertz CT molecular complexity index is 251. The summed E-state index contributed by atoms with van der Waals surface area (Å²) in [5, 5.41) is 3.23. The van der Waals surface area contributed by atoms with E-state index in [9.17, 15) is 4.79 Å². The maximum Gasteiger partial charge on any atom is 0.223 e. The molecule has 1 N–H and O–H groups in total. The molecule has 1 aliphatic rings. The van der Waals surface area contributed by atoms with Gasteiger partial charge in [-0.3, -0.25) is 4.79 Å². The molecule has 0 aromatic heterocycles. The summed E-state index contributed by atoms with van der Waals surface area (Å²) in [7, 11) is 0. The average Bonchev–Trinajstić information content (AvgIpc) is 2.36. The fraction of sp³-hybridized carbons (Fsp3) is 0.938. The third-order valence-corrected chi connectivity index (χ3v) is 4.50. The van der Waals surface area contributed by atoms with Gasteiger partial charge >= 0.3 is 0 Å². The summed E-state index contributed by atoms with van der Waals surface area (Å²) < 4.78 is 0. The number of rotatable bonds is 6. The van der Waals surface area contributed by atoms with Gasteiger partial charge in [-0.15, -0.1) is 0 Å². The molecule has 18 heavy (non-hydrogen) atoms. The van der Waals surface area contributed by atoms with Crippen LogP contribution in [0.2, 0.25) is 0 Å². The van der Waals surface area contributed by atoms with Crippen molar-refractivity contribution in [3.8, 4) is 0 Å². The molecular weight excluding hydrogens is 222 g/mol. The normalized spacial score (nSPS) is 29.9. The van der Waals surface area contributed by atoms with Crippen molar-refractivity contribution >= 4 is 5.91 Å². The lowest BCUT2D eigenvalue weighted by Gasteiger charge is -2.34. The topological polar surface area (TPSA) is 29.1 Å². The van der Waals surface area contributed by atoms with E-state index >= 15 is 0 Å². The zero-order valence-corrected chi connectivity index (χ0v) is 12.7. The van der Waals surface area contributed by atoms with Gasteiger partial charge in [-0.2, -0.15) is 0 Å². The first-order valence-corrected chi connectivity index (χ1v) is 7.88. The molecule has 0 heterocycles. The standard InChI is InChI=1S/C16H31NO/c1-5-7-8-13(4)17-16(18)15-11-12(3)9-10-14(15)6-2/h12-15H,5-11H2,1-4H3,(H,17,18). The van der Waals surface area contributed by atoms with Crippen LogP contribution < -0.4 is 5.32 Å². The first kappa shape index (κ1) is 15.5. The van der Waals surface area contributed by atoms with Crippen LogP contribution >= 0.6 is 0 Å². The summed E-state index contributed by atoms with van der Waals surface area (Å²) >= 11 is 0. The van der Waals surface area contributed by atoms with Crippen LogP contribution in [0.3, 0.4) is 0 Å². The number of amides is 1. The highest BCUT2D eigenvalue weighted by Crippen LogP contribution is 2.35. The molecule has 0 aliphatic heterocycles. The Labute approximate surface area is 113 Å². The van der Waals surface area contributed by atoms with Crippen LogP contribution in [-0.4, -0.2) is 11.9 Å². The molecule has 1 saturated carbocycles. The van der Waals surface area contributed by atoms with Crippen molar-refractivity contribution in [1.29, 1.82) is 0 Å². The van der Waals surface area contributed by atoms with Crippen LogP contribution in [0.15, 0.2) is 0 Å². The Balaban J connectivity index is 2.47. The summed E-state index contributed by atoms with van der Waals surface area (Å²) in [5.74, 6) is 1.91. The maximum atomic E-state index is 12.4. The van der Waals surface area contributed by atoms with Crippen molar-refractivity contribution in [2.45, 2.75) is 78.7 Å². The fourth-order valence-electron chi connectivity index (χ4n) is 3.19. The van der Waals surface area contributed by atoms with Crippen molar-refractivity contribution in [3.05, 3.63) is 0 Å². The highest BCUT2D eigenvalue weighted by Gasteiger charge is 2.32. The molecule has 2 heteroatoms. The predicted molar refractivity (Wildman–Crippen MR) is 77.4 cm³/mol. The van der Waals surface area contributed by atoms with Gasteiger partial charge in [0.1, 0.15) is 0 Å². The first-order chi connectivity index (χ1) is 8.58. The Morgan fingerprint density at radius 1 is 1.33 bits per heavy atom. The highest BCUT2D eigenvalue weighted by molar-refractivity contribution is 5.79. The molecule has 0 radical (unpaired) electrons. The van der Waals surface area contributed by atoms with E-state index in [-0.39, 0.29) is 5.92 Å². The Kier molecular flexibility index (Phi) is 6.73. The van der Waals surface area contributed by atoms with E-state index in [1.807, 2.05) is 0 Å². The second-order valence-electron chi connectivity index (χ2n) is 6.24. The average molecular weight is 253 g/mol. The smallest absolute Gasteiger partial charge is 0.223 e. The van der Waals surface area contributed by atoms with Crippen LogP contribution in [0.25, 0.3) is 0 Å². The predicted octanol–water partition coefficient (Wildman–Crippen LogP) is 4.14. The molecule has 0 aromatic carbocycles. The third-order valence-electron chi connectivity index (χ3n) is 4.50. The van der Waals surface area contributed by atoms with E-state index in [2.05, 4.69) is 33.0 Å². The molecule has 0 aromatic rings.